The summed E-state index contributed by atoms with van der Waals surface area (Å²) in [4.78, 5) is 0. The van der Waals surface area contributed by atoms with Gasteiger partial charge in [0.05, 0.1) is 0 Å². The molecule has 0 aromatic carbocycles. The molecule has 2 unspecified atom stereocenters. The van der Waals surface area contributed by atoms with Crippen LogP contribution in [0, 0.1) is 44.3 Å². The van der Waals surface area contributed by atoms with Gasteiger partial charge in [-0.1, -0.05) is 65.7 Å². The van der Waals surface area contributed by atoms with Crippen LogP contribution in [0.3, 0.4) is 0 Å². The Hall–Kier alpha value is 0.640. The van der Waals surface area contributed by atoms with Crippen LogP contribution in [0.25, 0.3) is 0 Å². The maximum absolute atomic E-state index is 3.40. The standard InChI is InChI=1S/C11H17.C8H11.2CH3.2ClH.H2Si.Zr/c1-8-6-9(2)10(7-8)11(3,4)5;1-6-4-7(2)8(3)5-6;;;;;;/h7-8H,1-5H3;4,6H,1-3H3;2*1H3;2*1H;1H2;/q4*-1;;;;. The first-order valence-electron chi connectivity index (χ1n) is 7.58. The molecule has 0 amide bonds. The first-order chi connectivity index (χ1) is 9.61. The van der Waals surface area contributed by atoms with Gasteiger partial charge < -0.3 is 14.9 Å². The molecule has 0 N–H and O–H groups in total. The van der Waals surface area contributed by atoms with E-state index < -0.39 is 0 Å². The summed E-state index contributed by atoms with van der Waals surface area (Å²) in [7, 11) is 0. The van der Waals surface area contributed by atoms with Gasteiger partial charge in [-0.15, -0.1) is 31.7 Å². The van der Waals surface area contributed by atoms with Crippen LogP contribution in [0.15, 0.2) is 34.4 Å². The van der Waals surface area contributed by atoms with E-state index in [9.17, 15) is 0 Å². The van der Waals surface area contributed by atoms with Gasteiger partial charge in [-0.05, 0) is 0 Å². The fourth-order valence-corrected chi connectivity index (χ4v) is 2.65. The van der Waals surface area contributed by atoms with Crippen molar-refractivity contribution in [1.82, 2.24) is 0 Å². The second-order valence-corrected chi connectivity index (χ2v) is 6.80. The van der Waals surface area contributed by atoms with Gasteiger partial charge in [0.2, 0.25) is 0 Å². The number of hydrogen-bond donors (Lipinski definition) is 0. The molecule has 0 aliphatic heterocycles. The molecule has 0 bridgehead atoms. The fraction of sp³-hybridized carbons (Fsp3) is 0.524. The number of hydrogen-bond acceptors (Lipinski definition) is 0. The van der Waals surface area contributed by atoms with E-state index in [-0.39, 0.29) is 39.7 Å². The Bertz CT molecular complexity index is 465. The van der Waals surface area contributed by atoms with Gasteiger partial charge in [-0.25, -0.2) is 16.7 Å². The van der Waals surface area contributed by atoms with Crippen LogP contribution < -0.4 is 0 Å². The van der Waals surface area contributed by atoms with Crippen molar-refractivity contribution in [3.05, 3.63) is 61.4 Å². The van der Waals surface area contributed by atoms with Gasteiger partial charge in [0.1, 0.15) is 0 Å². The first kappa shape index (κ1) is 36.5. The number of halogens is 2. The molecular weight excluding hydrogens is 442 g/mol. The molecule has 0 spiro atoms. The summed E-state index contributed by atoms with van der Waals surface area (Å²) in [5.74, 6) is 1.07. The molecule has 0 nitrogen and oxygen atoms in total. The quantitative estimate of drug-likeness (QED) is 0.274. The molecular formula is C21H38Cl2SiZr-4. The second kappa shape index (κ2) is 16.8. The van der Waals surface area contributed by atoms with E-state index >= 15 is 0 Å². The summed E-state index contributed by atoms with van der Waals surface area (Å²) in [6, 6.07) is 0. The van der Waals surface area contributed by atoms with Crippen molar-refractivity contribution >= 4 is 31.7 Å². The molecule has 0 fully saturated rings. The molecule has 0 saturated carbocycles. The summed E-state index contributed by atoms with van der Waals surface area (Å²) in [6.45, 7) is 19.4. The fourth-order valence-electron chi connectivity index (χ4n) is 2.65. The molecule has 2 rings (SSSR count). The van der Waals surface area contributed by atoms with E-state index in [2.05, 4.69) is 79.7 Å². The molecule has 2 aliphatic carbocycles. The summed E-state index contributed by atoms with van der Waals surface area (Å²) in [6.07, 6.45) is 11.2. The van der Waals surface area contributed by atoms with Crippen LogP contribution in [0.4, 0.5) is 0 Å². The van der Waals surface area contributed by atoms with Crippen molar-refractivity contribution in [2.75, 3.05) is 0 Å². The molecule has 0 aromatic heterocycles. The van der Waals surface area contributed by atoms with Crippen molar-refractivity contribution in [2.45, 2.75) is 55.4 Å². The van der Waals surface area contributed by atoms with Crippen LogP contribution in [-0.2, 0) is 23.3 Å². The molecule has 0 radical (unpaired) electrons. The summed E-state index contributed by atoms with van der Waals surface area (Å²) < 4.78 is 0. The van der Waals surface area contributed by atoms with Crippen LogP contribution >= 0.6 is 24.8 Å². The number of allylic oxidation sites excluding steroid dienone is 8. The zero-order valence-corrected chi connectivity index (χ0v) is 23.3. The second-order valence-electron chi connectivity index (χ2n) is 6.80. The summed E-state index contributed by atoms with van der Waals surface area (Å²) in [5.41, 5.74) is 5.80. The van der Waals surface area contributed by atoms with Gasteiger partial charge >= 0.3 is 30.2 Å². The van der Waals surface area contributed by atoms with Crippen LogP contribution in [-0.4, -0.2) is 6.88 Å². The van der Waals surface area contributed by atoms with Crippen LogP contribution in [0.5, 0.6) is 0 Å². The van der Waals surface area contributed by atoms with Gasteiger partial charge in [-0.2, -0.15) is 17.7 Å². The SMILES string of the molecule is CC1=[C-]C(C)C=C1C.CC1=[C-]C(C)C=C1C(C)(C)C.Cl.Cl.[CH3-].[CH3-].[SiH2]=[Zr]. The van der Waals surface area contributed by atoms with E-state index in [0.29, 0.717) is 17.3 Å². The number of rotatable bonds is 0. The Balaban J connectivity index is -0.0000000867. The van der Waals surface area contributed by atoms with Crippen LogP contribution in [0.1, 0.15) is 55.4 Å². The van der Waals surface area contributed by atoms with Gasteiger partial charge in [-0.3, -0.25) is 12.2 Å². The molecule has 25 heavy (non-hydrogen) atoms. The minimum absolute atomic E-state index is 0. The third-order valence-corrected chi connectivity index (χ3v) is 3.61. The van der Waals surface area contributed by atoms with Crippen molar-refractivity contribution in [2.24, 2.45) is 17.3 Å². The van der Waals surface area contributed by atoms with E-state index in [1.54, 1.807) is 23.3 Å². The first-order valence-corrected chi connectivity index (χ1v) is 13.5. The summed E-state index contributed by atoms with van der Waals surface area (Å²) >= 11 is 1.58. The molecule has 148 valence electrons. The molecule has 2 aliphatic rings. The monoisotopic (exact) mass is 478 g/mol. The maximum atomic E-state index is 3.40. The van der Waals surface area contributed by atoms with E-state index in [4.69, 9.17) is 0 Å². The summed E-state index contributed by atoms with van der Waals surface area (Å²) in [5, 5.41) is 0. The van der Waals surface area contributed by atoms with E-state index in [1.165, 1.54) is 22.3 Å². The van der Waals surface area contributed by atoms with Crippen LogP contribution in [0.2, 0.25) is 0 Å². The van der Waals surface area contributed by atoms with Crippen molar-refractivity contribution in [1.29, 1.82) is 0 Å². The zero-order chi connectivity index (χ0) is 16.8. The third-order valence-electron chi connectivity index (χ3n) is 3.61. The Morgan fingerprint density at radius 2 is 1.20 bits per heavy atom. The van der Waals surface area contributed by atoms with Crippen molar-refractivity contribution in [3.63, 3.8) is 0 Å². The Morgan fingerprint density at radius 1 is 0.840 bits per heavy atom. The predicted octanol–water partition coefficient (Wildman–Crippen LogP) is 6.52. The Kier molecular flexibility index (Phi) is 24.5. The van der Waals surface area contributed by atoms with Gasteiger partial charge in [0, 0.05) is 0 Å². The van der Waals surface area contributed by atoms with Gasteiger partial charge in [0.25, 0.3) is 0 Å². The van der Waals surface area contributed by atoms with Crippen molar-refractivity contribution < 1.29 is 23.3 Å². The molecule has 0 aromatic rings. The normalized spacial score (nSPS) is 20.0. The van der Waals surface area contributed by atoms with Crippen molar-refractivity contribution in [3.8, 4) is 0 Å². The molecule has 0 saturated heterocycles. The topological polar surface area (TPSA) is 0 Å². The van der Waals surface area contributed by atoms with E-state index in [1.807, 2.05) is 6.88 Å². The zero-order valence-electron chi connectivity index (χ0n) is 17.8. The Morgan fingerprint density at radius 3 is 1.32 bits per heavy atom. The molecule has 2 atom stereocenters. The Labute approximate surface area is 188 Å². The van der Waals surface area contributed by atoms with Gasteiger partial charge in [0.15, 0.2) is 0 Å². The third kappa shape index (κ3) is 13.5. The predicted molar refractivity (Wildman–Crippen MR) is 120 cm³/mol. The van der Waals surface area contributed by atoms with E-state index in [0.717, 1.165) is 0 Å². The average molecular weight is 481 g/mol. The molecule has 0 heterocycles. The molecule has 4 heteroatoms. The minimum atomic E-state index is 0. The average Bonchev–Trinajstić information content (AvgIpc) is 2.84.